The van der Waals surface area contributed by atoms with Crippen molar-refractivity contribution in [2.75, 3.05) is 0 Å². The summed E-state index contributed by atoms with van der Waals surface area (Å²) in [6, 6.07) is 15.5. The Morgan fingerprint density at radius 3 is 2.65 bits per heavy atom. The van der Waals surface area contributed by atoms with Gasteiger partial charge in [-0.15, -0.1) is 0 Å². The van der Waals surface area contributed by atoms with Crippen LogP contribution in [0.1, 0.15) is 0 Å². The maximum absolute atomic E-state index is 11.0. The molecule has 100 valence electrons. The normalized spacial score (nSPS) is 10.8. The lowest BCUT2D eigenvalue weighted by molar-refractivity contribution is -0.137. The molecule has 0 atom stereocenters. The molecule has 0 spiro atoms. The number of aromatic nitrogens is 2. The summed E-state index contributed by atoms with van der Waals surface area (Å²) in [4.78, 5) is 11.0. The summed E-state index contributed by atoms with van der Waals surface area (Å²) in [6.45, 7) is -0.148. The number of hydrogen-bond acceptors (Lipinski definition) is 2. The Bertz CT molecular complexity index is 781. The van der Waals surface area contributed by atoms with Crippen molar-refractivity contribution < 1.29 is 9.90 Å². The lowest BCUT2D eigenvalue weighted by atomic mass is 10.1. The number of nitrogens with zero attached hydrogens (tertiary/aromatic N) is 2. The van der Waals surface area contributed by atoms with Crippen molar-refractivity contribution in [3.63, 3.8) is 0 Å². The first-order valence-electron chi connectivity index (χ1n) is 6.08. The second kappa shape index (κ2) is 5.09. The highest BCUT2D eigenvalue weighted by Crippen LogP contribution is 2.30. The van der Waals surface area contributed by atoms with Gasteiger partial charge in [0.2, 0.25) is 0 Å². The van der Waals surface area contributed by atoms with Crippen molar-refractivity contribution in [1.29, 1.82) is 0 Å². The van der Waals surface area contributed by atoms with Crippen molar-refractivity contribution in [2.45, 2.75) is 6.54 Å². The van der Waals surface area contributed by atoms with Crippen LogP contribution in [-0.4, -0.2) is 20.9 Å². The number of fused-ring (bicyclic) bond motifs is 1. The molecular weight excluding hydrogens is 320 g/mol. The Balaban J connectivity index is 2.26. The van der Waals surface area contributed by atoms with E-state index in [0.29, 0.717) is 0 Å². The van der Waals surface area contributed by atoms with Gasteiger partial charge in [-0.1, -0.05) is 46.3 Å². The van der Waals surface area contributed by atoms with E-state index < -0.39 is 5.97 Å². The van der Waals surface area contributed by atoms with Gasteiger partial charge in [-0.3, -0.25) is 9.48 Å². The highest BCUT2D eigenvalue weighted by molar-refractivity contribution is 9.10. The Morgan fingerprint density at radius 1 is 1.20 bits per heavy atom. The monoisotopic (exact) mass is 330 g/mol. The van der Waals surface area contributed by atoms with Crippen molar-refractivity contribution in [3.8, 4) is 11.3 Å². The van der Waals surface area contributed by atoms with Gasteiger partial charge < -0.3 is 5.11 Å². The van der Waals surface area contributed by atoms with Gasteiger partial charge in [-0.05, 0) is 18.2 Å². The van der Waals surface area contributed by atoms with Crippen LogP contribution in [0.15, 0.2) is 53.0 Å². The van der Waals surface area contributed by atoms with Crippen LogP contribution < -0.4 is 0 Å². The van der Waals surface area contributed by atoms with Crippen molar-refractivity contribution >= 4 is 32.8 Å². The molecule has 0 saturated heterocycles. The van der Waals surface area contributed by atoms with Gasteiger partial charge in [-0.25, -0.2) is 0 Å². The quantitative estimate of drug-likeness (QED) is 0.798. The summed E-state index contributed by atoms with van der Waals surface area (Å²) >= 11 is 3.45. The molecule has 1 N–H and O–H groups in total. The van der Waals surface area contributed by atoms with Gasteiger partial charge in [0.05, 0.1) is 5.52 Å². The first-order valence-corrected chi connectivity index (χ1v) is 6.88. The van der Waals surface area contributed by atoms with Crippen LogP contribution in [0.5, 0.6) is 0 Å². The van der Waals surface area contributed by atoms with Gasteiger partial charge in [-0.2, -0.15) is 5.10 Å². The zero-order valence-corrected chi connectivity index (χ0v) is 12.0. The van der Waals surface area contributed by atoms with Crippen LogP contribution in [0.25, 0.3) is 22.2 Å². The number of carbonyl (C=O) groups is 1. The van der Waals surface area contributed by atoms with Crippen LogP contribution in [0, 0.1) is 0 Å². The fourth-order valence-corrected chi connectivity index (χ4v) is 2.57. The molecule has 0 amide bonds. The van der Waals surface area contributed by atoms with E-state index >= 15 is 0 Å². The molecule has 0 radical (unpaired) electrons. The Labute approximate surface area is 123 Å². The van der Waals surface area contributed by atoms with E-state index in [9.17, 15) is 4.79 Å². The highest BCUT2D eigenvalue weighted by Gasteiger charge is 2.14. The lowest BCUT2D eigenvalue weighted by Gasteiger charge is -1.98. The van der Waals surface area contributed by atoms with Crippen LogP contribution >= 0.6 is 15.9 Å². The topological polar surface area (TPSA) is 55.1 Å². The van der Waals surface area contributed by atoms with E-state index in [2.05, 4.69) is 21.0 Å². The number of carboxylic acids is 1. The van der Waals surface area contributed by atoms with E-state index in [4.69, 9.17) is 5.11 Å². The van der Waals surface area contributed by atoms with E-state index in [0.717, 1.165) is 26.6 Å². The Morgan fingerprint density at radius 2 is 1.95 bits per heavy atom. The molecule has 0 fully saturated rings. The molecule has 1 heterocycles. The molecule has 0 saturated carbocycles. The molecule has 1 aromatic heterocycles. The lowest BCUT2D eigenvalue weighted by Crippen LogP contribution is -2.09. The molecule has 0 aliphatic heterocycles. The molecule has 5 heteroatoms. The molecule has 0 aliphatic rings. The molecular formula is C15H11BrN2O2. The highest BCUT2D eigenvalue weighted by atomic mass is 79.9. The second-order valence-electron chi connectivity index (χ2n) is 4.43. The minimum Gasteiger partial charge on any atom is -0.480 e. The smallest absolute Gasteiger partial charge is 0.325 e. The summed E-state index contributed by atoms with van der Waals surface area (Å²) in [5.74, 6) is -0.906. The Hall–Kier alpha value is -2.14. The van der Waals surface area contributed by atoms with Gasteiger partial charge >= 0.3 is 5.97 Å². The first kappa shape index (κ1) is 12.9. The molecule has 3 rings (SSSR count). The summed E-state index contributed by atoms with van der Waals surface area (Å²) in [6.07, 6.45) is 0. The summed E-state index contributed by atoms with van der Waals surface area (Å²) in [5.41, 5.74) is 2.58. The minimum atomic E-state index is -0.906. The standard InChI is InChI=1S/C15H11BrN2O2/c16-11-6-7-13-12(8-11)15(10-4-2-1-3-5-10)17-18(13)9-14(19)20/h1-8H,9H2,(H,19,20). The minimum absolute atomic E-state index is 0.148. The van der Waals surface area contributed by atoms with Crippen molar-refractivity contribution in [2.24, 2.45) is 0 Å². The number of halogens is 1. The summed E-state index contributed by atoms with van der Waals surface area (Å²) in [7, 11) is 0. The van der Waals surface area contributed by atoms with E-state index in [1.54, 1.807) is 0 Å². The number of carboxylic acid groups (broad SMARTS) is 1. The number of benzene rings is 2. The molecule has 0 aliphatic carbocycles. The average molecular weight is 331 g/mol. The largest absolute Gasteiger partial charge is 0.480 e. The fraction of sp³-hybridized carbons (Fsp3) is 0.0667. The number of rotatable bonds is 3. The van der Waals surface area contributed by atoms with E-state index in [-0.39, 0.29) is 6.54 Å². The third kappa shape index (κ3) is 2.32. The van der Waals surface area contributed by atoms with E-state index in [1.807, 2.05) is 48.5 Å². The third-order valence-corrected chi connectivity index (χ3v) is 3.54. The molecule has 0 unspecified atom stereocenters. The van der Waals surface area contributed by atoms with Gasteiger partial charge in [0.1, 0.15) is 12.2 Å². The van der Waals surface area contributed by atoms with Gasteiger partial charge in [0.15, 0.2) is 0 Å². The van der Waals surface area contributed by atoms with Crippen molar-refractivity contribution in [3.05, 3.63) is 53.0 Å². The molecule has 2 aromatic carbocycles. The second-order valence-corrected chi connectivity index (χ2v) is 5.34. The summed E-state index contributed by atoms with van der Waals surface area (Å²) < 4.78 is 2.46. The average Bonchev–Trinajstić information content (AvgIpc) is 2.77. The zero-order chi connectivity index (χ0) is 14.1. The zero-order valence-electron chi connectivity index (χ0n) is 10.5. The molecule has 20 heavy (non-hydrogen) atoms. The first-order chi connectivity index (χ1) is 9.65. The van der Waals surface area contributed by atoms with Gasteiger partial charge in [0, 0.05) is 15.4 Å². The van der Waals surface area contributed by atoms with Crippen LogP contribution in [0.3, 0.4) is 0 Å². The van der Waals surface area contributed by atoms with Gasteiger partial charge in [0.25, 0.3) is 0 Å². The van der Waals surface area contributed by atoms with Crippen molar-refractivity contribution in [1.82, 2.24) is 9.78 Å². The SMILES string of the molecule is O=C(O)Cn1nc(-c2ccccc2)c2cc(Br)ccc21. The third-order valence-electron chi connectivity index (χ3n) is 3.04. The predicted octanol–water partition coefficient (Wildman–Crippen LogP) is 3.55. The predicted molar refractivity (Wildman–Crippen MR) is 80.5 cm³/mol. The molecule has 3 aromatic rings. The maximum Gasteiger partial charge on any atom is 0.325 e. The summed E-state index contributed by atoms with van der Waals surface area (Å²) in [5, 5.41) is 14.4. The van der Waals surface area contributed by atoms with Crippen LogP contribution in [0.4, 0.5) is 0 Å². The number of hydrogen-bond donors (Lipinski definition) is 1. The fourth-order valence-electron chi connectivity index (χ4n) is 2.21. The number of aliphatic carboxylic acids is 1. The Kier molecular flexibility index (Phi) is 3.28. The maximum atomic E-state index is 11.0. The van der Waals surface area contributed by atoms with Crippen LogP contribution in [-0.2, 0) is 11.3 Å². The molecule has 4 nitrogen and oxygen atoms in total. The molecule has 0 bridgehead atoms. The van der Waals surface area contributed by atoms with E-state index in [1.165, 1.54) is 4.68 Å². The van der Waals surface area contributed by atoms with Crippen LogP contribution in [0.2, 0.25) is 0 Å².